The molecular weight excluding hydrogens is 156 g/mol. The number of carbonyl (C=O) groups excluding carboxylic acids is 1. The summed E-state index contributed by atoms with van der Waals surface area (Å²) in [5, 5.41) is 0. The van der Waals surface area contributed by atoms with Crippen LogP contribution in [0.25, 0.3) is 0 Å². The van der Waals surface area contributed by atoms with Gasteiger partial charge in [0, 0.05) is 4.88 Å². The summed E-state index contributed by atoms with van der Waals surface area (Å²) < 4.78 is 0. The summed E-state index contributed by atoms with van der Waals surface area (Å²) in [5.74, 6) is 0.786. The van der Waals surface area contributed by atoms with E-state index in [1.807, 2.05) is 6.07 Å². The molecule has 0 saturated heterocycles. The molecule has 2 rings (SSSR count). The van der Waals surface area contributed by atoms with Gasteiger partial charge in [0.15, 0.2) is 6.29 Å². The van der Waals surface area contributed by atoms with Gasteiger partial charge in [0.1, 0.15) is 0 Å². The highest BCUT2D eigenvalue weighted by atomic mass is 32.1. The Kier molecular flexibility index (Phi) is 1.57. The fraction of sp³-hybridized carbons (Fsp3) is 0.444. The maximum absolute atomic E-state index is 10.4. The first kappa shape index (κ1) is 7.04. The third kappa shape index (κ3) is 1.23. The second kappa shape index (κ2) is 2.45. The topological polar surface area (TPSA) is 17.1 Å². The third-order valence-electron chi connectivity index (χ3n) is 2.04. The number of hydrogen-bond acceptors (Lipinski definition) is 2. The van der Waals surface area contributed by atoms with Gasteiger partial charge in [-0.25, -0.2) is 0 Å². The van der Waals surface area contributed by atoms with E-state index >= 15 is 0 Å². The van der Waals surface area contributed by atoms with E-state index in [-0.39, 0.29) is 0 Å². The van der Waals surface area contributed by atoms with Crippen LogP contribution in [0, 0.1) is 6.92 Å². The van der Waals surface area contributed by atoms with Crippen molar-refractivity contribution in [3.05, 3.63) is 21.4 Å². The van der Waals surface area contributed by atoms with Crippen molar-refractivity contribution in [2.75, 3.05) is 0 Å². The molecule has 0 aliphatic heterocycles. The zero-order chi connectivity index (χ0) is 7.84. The van der Waals surface area contributed by atoms with E-state index in [1.165, 1.54) is 23.3 Å². The number of thiophene rings is 1. The first-order valence-corrected chi connectivity index (χ1v) is 4.68. The molecule has 1 fully saturated rings. The van der Waals surface area contributed by atoms with Crippen molar-refractivity contribution in [2.45, 2.75) is 25.7 Å². The molecular formula is C9H10OS. The van der Waals surface area contributed by atoms with Gasteiger partial charge in [-0.2, -0.15) is 0 Å². The lowest BCUT2D eigenvalue weighted by Gasteiger charge is -1.90. The molecule has 11 heavy (non-hydrogen) atoms. The Bertz CT molecular complexity index is 284. The van der Waals surface area contributed by atoms with Gasteiger partial charge in [-0.3, -0.25) is 4.79 Å². The van der Waals surface area contributed by atoms with Gasteiger partial charge < -0.3 is 0 Å². The van der Waals surface area contributed by atoms with Crippen LogP contribution < -0.4 is 0 Å². The second-order valence-corrected chi connectivity index (χ2v) is 4.20. The first-order chi connectivity index (χ1) is 5.31. The van der Waals surface area contributed by atoms with Gasteiger partial charge >= 0.3 is 0 Å². The van der Waals surface area contributed by atoms with Crippen molar-refractivity contribution in [1.82, 2.24) is 0 Å². The quantitative estimate of drug-likeness (QED) is 0.617. The van der Waals surface area contributed by atoms with Gasteiger partial charge in [0.05, 0.1) is 4.88 Å². The van der Waals surface area contributed by atoms with E-state index in [0.717, 1.165) is 17.1 Å². The minimum atomic E-state index is 0.786. The maximum Gasteiger partial charge on any atom is 0.160 e. The maximum atomic E-state index is 10.4. The molecule has 1 aliphatic carbocycles. The Morgan fingerprint density at radius 1 is 1.64 bits per heavy atom. The van der Waals surface area contributed by atoms with Gasteiger partial charge in [-0.15, -0.1) is 11.3 Å². The first-order valence-electron chi connectivity index (χ1n) is 3.87. The van der Waals surface area contributed by atoms with Crippen LogP contribution in [-0.2, 0) is 0 Å². The zero-order valence-electron chi connectivity index (χ0n) is 6.46. The molecule has 0 bridgehead atoms. The molecule has 2 heteroatoms. The van der Waals surface area contributed by atoms with Crippen molar-refractivity contribution in [3.8, 4) is 0 Å². The highest BCUT2D eigenvalue weighted by molar-refractivity contribution is 7.13. The Balaban J connectivity index is 2.37. The highest BCUT2D eigenvalue weighted by Crippen LogP contribution is 2.44. The molecule has 0 radical (unpaired) electrons. The molecule has 0 spiro atoms. The number of rotatable bonds is 2. The molecule has 58 valence electrons. The predicted octanol–water partition coefficient (Wildman–Crippen LogP) is 2.75. The summed E-state index contributed by atoms with van der Waals surface area (Å²) in [6.07, 6.45) is 3.59. The predicted molar refractivity (Wildman–Crippen MR) is 46.4 cm³/mol. The van der Waals surface area contributed by atoms with E-state index in [2.05, 4.69) is 6.92 Å². The van der Waals surface area contributed by atoms with Crippen LogP contribution in [-0.4, -0.2) is 6.29 Å². The number of carbonyl (C=O) groups is 1. The minimum absolute atomic E-state index is 0.786. The van der Waals surface area contributed by atoms with Gasteiger partial charge in [0.2, 0.25) is 0 Å². The molecule has 1 aromatic rings. The third-order valence-corrected chi connectivity index (χ3v) is 3.36. The van der Waals surface area contributed by atoms with Crippen molar-refractivity contribution in [3.63, 3.8) is 0 Å². The van der Waals surface area contributed by atoms with Crippen molar-refractivity contribution in [1.29, 1.82) is 0 Å². The molecule has 1 saturated carbocycles. The van der Waals surface area contributed by atoms with Crippen LogP contribution in [0.5, 0.6) is 0 Å². The van der Waals surface area contributed by atoms with Crippen molar-refractivity contribution < 1.29 is 4.79 Å². The number of hydrogen-bond donors (Lipinski definition) is 0. The molecule has 1 heterocycles. The van der Waals surface area contributed by atoms with Crippen LogP contribution in [0.15, 0.2) is 6.07 Å². The molecule has 0 amide bonds. The van der Waals surface area contributed by atoms with E-state index in [9.17, 15) is 4.79 Å². The average Bonchev–Trinajstić information content (AvgIpc) is 2.76. The molecule has 0 N–H and O–H groups in total. The van der Waals surface area contributed by atoms with E-state index in [4.69, 9.17) is 0 Å². The second-order valence-electron chi connectivity index (χ2n) is 3.09. The zero-order valence-corrected chi connectivity index (χ0v) is 7.28. The summed E-state index contributed by atoms with van der Waals surface area (Å²) >= 11 is 1.66. The molecule has 0 atom stereocenters. The Hall–Kier alpha value is -0.630. The van der Waals surface area contributed by atoms with E-state index in [0.29, 0.717) is 0 Å². The smallest absolute Gasteiger partial charge is 0.160 e. The average molecular weight is 166 g/mol. The molecule has 0 unspecified atom stereocenters. The summed E-state index contributed by atoms with van der Waals surface area (Å²) in [6, 6.07) is 1.99. The largest absolute Gasteiger partial charge is 0.297 e. The SMILES string of the molecule is Cc1cc(C=O)sc1C1CC1. The van der Waals surface area contributed by atoms with Crippen LogP contribution >= 0.6 is 11.3 Å². The summed E-state index contributed by atoms with van der Waals surface area (Å²) in [5.41, 5.74) is 1.31. The lowest BCUT2D eigenvalue weighted by atomic mass is 10.2. The Morgan fingerprint density at radius 2 is 2.36 bits per heavy atom. The molecule has 1 aliphatic rings. The summed E-state index contributed by atoms with van der Waals surface area (Å²) in [7, 11) is 0. The molecule has 0 aromatic carbocycles. The van der Waals surface area contributed by atoms with Crippen molar-refractivity contribution in [2.24, 2.45) is 0 Å². The molecule has 1 nitrogen and oxygen atoms in total. The van der Waals surface area contributed by atoms with Crippen LogP contribution in [0.3, 0.4) is 0 Å². The monoisotopic (exact) mass is 166 g/mol. The fourth-order valence-corrected chi connectivity index (χ4v) is 2.49. The lowest BCUT2D eigenvalue weighted by molar-refractivity contribution is 0.112. The van der Waals surface area contributed by atoms with Gasteiger partial charge in [-0.1, -0.05) is 0 Å². The standard InChI is InChI=1S/C9H10OS/c1-6-4-8(5-10)11-9(6)7-2-3-7/h4-5,7H,2-3H2,1H3. The highest BCUT2D eigenvalue weighted by Gasteiger charge is 2.26. The Morgan fingerprint density at radius 3 is 2.82 bits per heavy atom. The van der Waals surface area contributed by atoms with Crippen LogP contribution in [0.1, 0.15) is 38.9 Å². The van der Waals surface area contributed by atoms with Crippen LogP contribution in [0.4, 0.5) is 0 Å². The van der Waals surface area contributed by atoms with E-state index in [1.54, 1.807) is 11.3 Å². The fourth-order valence-electron chi connectivity index (χ4n) is 1.33. The number of aryl methyl sites for hydroxylation is 1. The van der Waals surface area contributed by atoms with Gasteiger partial charge in [-0.05, 0) is 37.3 Å². The van der Waals surface area contributed by atoms with E-state index < -0.39 is 0 Å². The van der Waals surface area contributed by atoms with Crippen molar-refractivity contribution >= 4 is 17.6 Å². The van der Waals surface area contributed by atoms with Gasteiger partial charge in [0.25, 0.3) is 0 Å². The summed E-state index contributed by atoms with van der Waals surface area (Å²) in [4.78, 5) is 12.7. The Labute approximate surface area is 70.1 Å². The lowest BCUT2D eigenvalue weighted by Crippen LogP contribution is -1.72. The summed E-state index contributed by atoms with van der Waals surface area (Å²) in [6.45, 7) is 2.09. The minimum Gasteiger partial charge on any atom is -0.297 e. The number of aldehydes is 1. The van der Waals surface area contributed by atoms with Crippen LogP contribution in [0.2, 0.25) is 0 Å². The molecule has 1 aromatic heterocycles. The normalized spacial score (nSPS) is 16.8.